The molecule has 2 atom stereocenters. The highest BCUT2D eigenvalue weighted by atomic mass is 35.5. The van der Waals surface area contributed by atoms with E-state index in [2.05, 4.69) is 56.4 Å². The van der Waals surface area contributed by atoms with Crippen molar-refractivity contribution in [2.45, 2.75) is 79.1 Å². The summed E-state index contributed by atoms with van der Waals surface area (Å²) in [6, 6.07) is 30.2. The van der Waals surface area contributed by atoms with Gasteiger partial charge in [0, 0.05) is 22.7 Å². The van der Waals surface area contributed by atoms with Crippen molar-refractivity contribution in [1.82, 2.24) is 0 Å². The summed E-state index contributed by atoms with van der Waals surface area (Å²) in [6.07, 6.45) is 7.71. The molecule has 8 heteroatoms. The Hall–Kier alpha value is -4.33. The van der Waals surface area contributed by atoms with Gasteiger partial charge in [-0.1, -0.05) is 112 Å². The SMILES string of the molecule is CCCC(=O)c1ccc(C[C@H](C(=O)Nc2ccc(-c3ccc(Cl)cc3C)cc2)c2ccc(C3=CC[C@@H](C(C)(C)C)CC3)cc2)cc1.O=S(=O)=O. The first-order chi connectivity index (χ1) is 23.7. The Morgan fingerprint density at radius 2 is 1.50 bits per heavy atom. The first-order valence-corrected chi connectivity index (χ1v) is 18.5. The molecule has 0 saturated carbocycles. The van der Waals surface area contributed by atoms with E-state index in [0.717, 1.165) is 63.4 Å². The number of allylic oxidation sites excluding steroid dienone is 2. The van der Waals surface area contributed by atoms with Crippen LogP contribution in [-0.4, -0.2) is 24.3 Å². The molecule has 1 aliphatic rings. The van der Waals surface area contributed by atoms with E-state index in [9.17, 15) is 9.59 Å². The van der Waals surface area contributed by atoms with Gasteiger partial charge in [-0.05, 0) is 114 Å². The van der Waals surface area contributed by atoms with Crippen molar-refractivity contribution in [1.29, 1.82) is 0 Å². The van der Waals surface area contributed by atoms with Gasteiger partial charge in [-0.25, -0.2) is 0 Å². The number of amides is 1. The molecule has 262 valence electrons. The van der Waals surface area contributed by atoms with Crippen molar-refractivity contribution < 1.29 is 22.2 Å². The van der Waals surface area contributed by atoms with Crippen LogP contribution in [0, 0.1) is 18.3 Å². The largest absolute Gasteiger partial charge is 0.425 e. The number of benzene rings is 4. The van der Waals surface area contributed by atoms with Crippen LogP contribution in [0.4, 0.5) is 5.69 Å². The highest BCUT2D eigenvalue weighted by Crippen LogP contribution is 2.40. The Labute approximate surface area is 303 Å². The standard InChI is InChI=1S/C42H46ClNO2.O3S/c1-6-7-40(45)34-10-8-29(9-11-34)27-39(33-14-12-30(13-15-33)31-16-20-35(21-17-31)42(3,4)5)41(46)44-37-23-18-32(19-24-37)38-25-22-36(43)26-28(38)2;1-4(2)3/h8-16,18-19,22-26,35,39H,6-7,17,20-21,27H2,1-5H3,(H,44,46);/t35-,39+;/m1./s1. The summed E-state index contributed by atoms with van der Waals surface area (Å²) in [5, 5.41) is 3.90. The number of aryl methyl sites for hydroxylation is 1. The lowest BCUT2D eigenvalue weighted by Crippen LogP contribution is -2.23. The van der Waals surface area contributed by atoms with Crippen LogP contribution in [-0.2, 0) is 21.8 Å². The third kappa shape index (κ3) is 10.8. The molecule has 6 nitrogen and oxygen atoms in total. The molecule has 0 heterocycles. The van der Waals surface area contributed by atoms with Crippen LogP contribution in [0.3, 0.4) is 0 Å². The first kappa shape index (κ1) is 38.5. The average molecular weight is 712 g/mol. The van der Waals surface area contributed by atoms with Crippen molar-refractivity contribution in [3.05, 3.63) is 130 Å². The van der Waals surface area contributed by atoms with Crippen LogP contribution >= 0.6 is 11.6 Å². The molecule has 0 unspecified atom stereocenters. The maximum Gasteiger partial charge on any atom is 0.425 e. The summed E-state index contributed by atoms with van der Waals surface area (Å²) < 4.78 is 25.3. The Morgan fingerprint density at radius 1 is 0.880 bits per heavy atom. The minimum Gasteiger partial charge on any atom is -0.326 e. The van der Waals surface area contributed by atoms with E-state index in [1.165, 1.54) is 17.6 Å². The van der Waals surface area contributed by atoms with E-state index in [1.807, 2.05) is 80.6 Å². The number of halogens is 1. The van der Waals surface area contributed by atoms with Crippen molar-refractivity contribution in [2.24, 2.45) is 11.3 Å². The summed E-state index contributed by atoms with van der Waals surface area (Å²) in [6.45, 7) is 11.1. The summed E-state index contributed by atoms with van der Waals surface area (Å²) in [5.74, 6) is 0.410. The van der Waals surface area contributed by atoms with Gasteiger partial charge in [0.05, 0.1) is 5.92 Å². The van der Waals surface area contributed by atoms with Crippen LogP contribution in [0.2, 0.25) is 5.02 Å². The molecule has 5 rings (SSSR count). The smallest absolute Gasteiger partial charge is 0.326 e. The van der Waals surface area contributed by atoms with Gasteiger partial charge in [-0.15, -0.1) is 12.6 Å². The highest BCUT2D eigenvalue weighted by molar-refractivity contribution is 7.59. The molecule has 50 heavy (non-hydrogen) atoms. The maximum absolute atomic E-state index is 13.9. The Balaban J connectivity index is 0.00000133. The van der Waals surface area contributed by atoms with Gasteiger partial charge in [-0.3, -0.25) is 9.59 Å². The third-order valence-electron chi connectivity index (χ3n) is 9.48. The van der Waals surface area contributed by atoms with Crippen LogP contribution in [0.5, 0.6) is 0 Å². The predicted octanol–water partition coefficient (Wildman–Crippen LogP) is 10.5. The van der Waals surface area contributed by atoms with Gasteiger partial charge < -0.3 is 5.32 Å². The zero-order valence-electron chi connectivity index (χ0n) is 29.5. The molecule has 0 aliphatic heterocycles. The zero-order valence-corrected chi connectivity index (χ0v) is 31.0. The summed E-state index contributed by atoms with van der Waals surface area (Å²) in [5.41, 5.74) is 9.73. The molecule has 0 aromatic heterocycles. The Kier molecular flexibility index (Phi) is 13.5. The molecule has 4 aromatic rings. The van der Waals surface area contributed by atoms with Crippen molar-refractivity contribution in [3.63, 3.8) is 0 Å². The fourth-order valence-corrected chi connectivity index (χ4v) is 6.75. The van der Waals surface area contributed by atoms with Gasteiger partial charge in [0.2, 0.25) is 5.91 Å². The molecular formula is C42H46ClNO5S. The third-order valence-corrected chi connectivity index (χ3v) is 9.72. The number of ketones is 1. The average Bonchev–Trinajstić information content (AvgIpc) is 3.07. The minimum atomic E-state index is -3.11. The molecule has 0 spiro atoms. The number of carbonyl (C=O) groups excluding carboxylic acids is 2. The first-order valence-electron chi connectivity index (χ1n) is 17.1. The van der Waals surface area contributed by atoms with E-state index < -0.39 is 16.5 Å². The fourth-order valence-electron chi connectivity index (χ4n) is 6.52. The number of anilines is 1. The van der Waals surface area contributed by atoms with Crippen LogP contribution in [0.25, 0.3) is 16.7 Å². The number of hydrogen-bond acceptors (Lipinski definition) is 5. The van der Waals surface area contributed by atoms with Gasteiger partial charge >= 0.3 is 10.6 Å². The maximum atomic E-state index is 13.9. The van der Waals surface area contributed by atoms with Crippen LogP contribution < -0.4 is 5.32 Å². The molecular weight excluding hydrogens is 666 g/mol. The Morgan fingerprint density at radius 3 is 2.04 bits per heavy atom. The minimum absolute atomic E-state index is 0.0563. The van der Waals surface area contributed by atoms with Crippen molar-refractivity contribution in [2.75, 3.05) is 5.32 Å². The predicted molar refractivity (Wildman–Crippen MR) is 203 cm³/mol. The Bertz CT molecular complexity index is 1920. The topological polar surface area (TPSA) is 97.4 Å². The van der Waals surface area contributed by atoms with E-state index in [-0.39, 0.29) is 11.7 Å². The van der Waals surface area contributed by atoms with Crippen LogP contribution in [0.15, 0.2) is 97.1 Å². The van der Waals surface area contributed by atoms with Gasteiger partial charge in [0.1, 0.15) is 0 Å². The number of carbonyl (C=O) groups is 2. The summed E-state index contributed by atoms with van der Waals surface area (Å²) in [7, 11) is -3.11. The summed E-state index contributed by atoms with van der Waals surface area (Å²) in [4.78, 5) is 26.4. The molecule has 1 aliphatic carbocycles. The quantitative estimate of drug-likeness (QED) is 0.165. The van der Waals surface area contributed by atoms with E-state index >= 15 is 0 Å². The van der Waals surface area contributed by atoms with E-state index in [4.69, 9.17) is 24.2 Å². The van der Waals surface area contributed by atoms with E-state index in [1.54, 1.807) is 0 Å². The number of nitrogens with one attached hydrogen (secondary N) is 1. The normalized spacial score (nSPS) is 14.8. The zero-order chi connectivity index (χ0) is 36.4. The molecule has 0 radical (unpaired) electrons. The van der Waals surface area contributed by atoms with E-state index in [0.29, 0.717) is 24.2 Å². The van der Waals surface area contributed by atoms with Gasteiger partial charge in [0.15, 0.2) is 5.78 Å². The second-order valence-electron chi connectivity index (χ2n) is 14.0. The molecule has 0 saturated heterocycles. The lowest BCUT2D eigenvalue weighted by molar-refractivity contribution is -0.117. The lowest BCUT2D eigenvalue weighted by Gasteiger charge is -2.33. The van der Waals surface area contributed by atoms with Gasteiger partial charge in [0.25, 0.3) is 0 Å². The summed E-state index contributed by atoms with van der Waals surface area (Å²) >= 11 is 6.16. The number of rotatable bonds is 10. The second kappa shape index (κ2) is 17.6. The van der Waals surface area contributed by atoms with Gasteiger partial charge in [-0.2, -0.15) is 0 Å². The fraction of sp³-hybridized carbons (Fsp3) is 0.333. The lowest BCUT2D eigenvalue weighted by atomic mass is 9.72. The molecule has 0 fully saturated rings. The monoisotopic (exact) mass is 711 g/mol. The molecule has 1 amide bonds. The second-order valence-corrected chi connectivity index (χ2v) is 14.9. The molecule has 4 aromatic carbocycles. The van der Waals surface area contributed by atoms with Crippen molar-refractivity contribution >= 4 is 45.2 Å². The number of hydrogen-bond donors (Lipinski definition) is 1. The van der Waals surface area contributed by atoms with Crippen LogP contribution in [0.1, 0.15) is 98.3 Å². The highest BCUT2D eigenvalue weighted by Gasteiger charge is 2.27. The number of Topliss-reactive ketones (excluding diaryl/α,β-unsaturated/α-hetero) is 1. The molecule has 1 N–H and O–H groups in total. The molecule has 0 bridgehead atoms. The van der Waals surface area contributed by atoms with Crippen molar-refractivity contribution in [3.8, 4) is 11.1 Å².